The maximum absolute atomic E-state index is 12.5. The van der Waals surface area contributed by atoms with Gasteiger partial charge in [0.15, 0.2) is 0 Å². The Morgan fingerprint density at radius 3 is 2.35 bits per heavy atom. The lowest BCUT2D eigenvalue weighted by atomic mass is 10.1. The van der Waals surface area contributed by atoms with Gasteiger partial charge in [0.05, 0.1) is 0 Å². The molecule has 0 fully saturated rings. The minimum Gasteiger partial charge on any atom is -0.341 e. The number of carbonyl (C=O) groups excluding carboxylic acids is 1. The molecular weight excluding hydrogens is 286 g/mol. The molecule has 4 heteroatoms. The van der Waals surface area contributed by atoms with E-state index in [9.17, 15) is 4.79 Å². The Morgan fingerprint density at radius 2 is 1.70 bits per heavy atom. The topological polar surface area (TPSA) is 38.1 Å². The molecule has 0 radical (unpaired) electrons. The fourth-order valence-corrected chi connectivity index (χ4v) is 2.45. The van der Waals surface area contributed by atoms with E-state index in [0.29, 0.717) is 12.1 Å². The van der Waals surface area contributed by atoms with Crippen molar-refractivity contribution in [1.82, 2.24) is 14.5 Å². The lowest BCUT2D eigenvalue weighted by Crippen LogP contribution is -2.28. The lowest BCUT2D eigenvalue weighted by molar-refractivity contribution is 0.0796. The number of rotatable bonds is 5. The molecule has 0 aliphatic heterocycles. The van der Waals surface area contributed by atoms with E-state index in [-0.39, 0.29) is 5.91 Å². The van der Waals surface area contributed by atoms with E-state index < -0.39 is 0 Å². The molecule has 0 aliphatic carbocycles. The van der Waals surface area contributed by atoms with E-state index in [1.165, 1.54) is 5.56 Å². The van der Waals surface area contributed by atoms with Crippen LogP contribution in [0, 0.1) is 0 Å². The molecule has 23 heavy (non-hydrogen) atoms. The Morgan fingerprint density at radius 1 is 1.04 bits per heavy atom. The van der Waals surface area contributed by atoms with Crippen LogP contribution in [-0.2, 0) is 6.42 Å². The minimum absolute atomic E-state index is 0.0399. The SMILES string of the molecule is CN(CCc1ccncc1)C(=O)c1ccc(-n2cccc2)cc1. The van der Waals surface area contributed by atoms with Gasteiger partial charge in [0.2, 0.25) is 0 Å². The van der Waals surface area contributed by atoms with Gasteiger partial charge in [-0.2, -0.15) is 0 Å². The molecule has 116 valence electrons. The normalized spacial score (nSPS) is 10.5. The van der Waals surface area contributed by atoms with E-state index in [1.807, 2.05) is 72.5 Å². The predicted molar refractivity (Wildman–Crippen MR) is 90.7 cm³/mol. The molecule has 4 nitrogen and oxygen atoms in total. The molecule has 3 aromatic rings. The second-order valence-corrected chi connectivity index (χ2v) is 5.47. The second kappa shape index (κ2) is 6.92. The molecule has 0 unspecified atom stereocenters. The fourth-order valence-electron chi connectivity index (χ4n) is 2.45. The predicted octanol–water partition coefficient (Wildman–Crippen LogP) is 3.19. The van der Waals surface area contributed by atoms with E-state index in [1.54, 1.807) is 17.3 Å². The van der Waals surface area contributed by atoms with Gasteiger partial charge < -0.3 is 9.47 Å². The van der Waals surface area contributed by atoms with Crippen molar-refractivity contribution in [3.63, 3.8) is 0 Å². The van der Waals surface area contributed by atoms with Gasteiger partial charge in [-0.3, -0.25) is 9.78 Å². The zero-order valence-corrected chi connectivity index (χ0v) is 13.1. The van der Waals surface area contributed by atoms with Crippen molar-refractivity contribution in [3.8, 4) is 5.69 Å². The molecule has 0 aliphatic rings. The summed E-state index contributed by atoms with van der Waals surface area (Å²) in [5.74, 6) is 0.0399. The monoisotopic (exact) mass is 305 g/mol. The average Bonchev–Trinajstić information content (AvgIpc) is 3.15. The van der Waals surface area contributed by atoms with Crippen LogP contribution in [0.1, 0.15) is 15.9 Å². The van der Waals surface area contributed by atoms with Crippen molar-refractivity contribution >= 4 is 5.91 Å². The van der Waals surface area contributed by atoms with Crippen LogP contribution >= 0.6 is 0 Å². The Bertz CT molecular complexity index is 749. The smallest absolute Gasteiger partial charge is 0.253 e. The van der Waals surface area contributed by atoms with Gasteiger partial charge in [-0.1, -0.05) is 0 Å². The largest absolute Gasteiger partial charge is 0.341 e. The van der Waals surface area contributed by atoms with Crippen LogP contribution in [0.15, 0.2) is 73.3 Å². The molecular formula is C19H19N3O. The summed E-state index contributed by atoms with van der Waals surface area (Å²) in [5, 5.41) is 0. The van der Waals surface area contributed by atoms with Crippen LogP contribution in [0.4, 0.5) is 0 Å². The standard InChI is InChI=1S/C19H19N3O/c1-21(15-10-16-8-11-20-12-9-16)19(23)17-4-6-18(7-5-17)22-13-2-3-14-22/h2-9,11-14H,10,15H2,1H3. The highest BCUT2D eigenvalue weighted by atomic mass is 16.2. The number of aromatic nitrogens is 2. The molecule has 0 spiro atoms. The number of nitrogens with zero attached hydrogens (tertiary/aromatic N) is 3. The van der Waals surface area contributed by atoms with Crippen LogP contribution in [-0.4, -0.2) is 34.0 Å². The van der Waals surface area contributed by atoms with Gasteiger partial charge in [0.25, 0.3) is 5.91 Å². The third kappa shape index (κ3) is 3.66. The Kier molecular flexibility index (Phi) is 4.52. The number of pyridine rings is 1. The van der Waals surface area contributed by atoms with Crippen molar-refractivity contribution in [3.05, 3.63) is 84.4 Å². The molecule has 0 atom stereocenters. The van der Waals surface area contributed by atoms with Crippen molar-refractivity contribution in [2.45, 2.75) is 6.42 Å². The lowest BCUT2D eigenvalue weighted by Gasteiger charge is -2.17. The quantitative estimate of drug-likeness (QED) is 0.726. The van der Waals surface area contributed by atoms with Gasteiger partial charge in [0.1, 0.15) is 0 Å². The van der Waals surface area contributed by atoms with Crippen LogP contribution in [0.2, 0.25) is 0 Å². The third-order valence-electron chi connectivity index (χ3n) is 3.85. The second-order valence-electron chi connectivity index (χ2n) is 5.47. The molecule has 0 N–H and O–H groups in total. The first-order valence-corrected chi connectivity index (χ1v) is 7.62. The average molecular weight is 305 g/mol. The number of hydrogen-bond donors (Lipinski definition) is 0. The van der Waals surface area contributed by atoms with Crippen LogP contribution in [0.25, 0.3) is 5.69 Å². The van der Waals surface area contributed by atoms with Gasteiger partial charge in [-0.15, -0.1) is 0 Å². The summed E-state index contributed by atoms with van der Waals surface area (Å²) in [4.78, 5) is 18.2. The maximum atomic E-state index is 12.5. The zero-order valence-electron chi connectivity index (χ0n) is 13.1. The Labute approximate surface area is 136 Å². The fraction of sp³-hybridized carbons (Fsp3) is 0.158. The van der Waals surface area contributed by atoms with E-state index >= 15 is 0 Å². The van der Waals surface area contributed by atoms with Gasteiger partial charge in [0, 0.05) is 49.6 Å². The summed E-state index contributed by atoms with van der Waals surface area (Å²) in [6.07, 6.45) is 8.34. The summed E-state index contributed by atoms with van der Waals surface area (Å²) in [6, 6.07) is 15.6. The molecule has 3 rings (SSSR count). The molecule has 0 bridgehead atoms. The van der Waals surface area contributed by atoms with Gasteiger partial charge in [-0.05, 0) is 60.5 Å². The summed E-state index contributed by atoms with van der Waals surface area (Å²) in [6.45, 7) is 0.683. The Balaban J connectivity index is 1.63. The summed E-state index contributed by atoms with van der Waals surface area (Å²) in [5.41, 5.74) is 2.94. The molecule has 1 aromatic carbocycles. The van der Waals surface area contributed by atoms with Gasteiger partial charge >= 0.3 is 0 Å². The van der Waals surface area contributed by atoms with E-state index in [4.69, 9.17) is 0 Å². The van der Waals surface area contributed by atoms with Crippen molar-refractivity contribution in [1.29, 1.82) is 0 Å². The first kappa shape index (κ1) is 15.0. The van der Waals surface area contributed by atoms with Crippen molar-refractivity contribution in [2.75, 3.05) is 13.6 Å². The van der Waals surface area contributed by atoms with E-state index in [2.05, 4.69) is 4.98 Å². The number of likely N-dealkylation sites (N-methyl/N-ethyl adjacent to an activating group) is 1. The molecule has 2 aromatic heterocycles. The number of benzene rings is 1. The summed E-state index contributed by atoms with van der Waals surface area (Å²) >= 11 is 0. The van der Waals surface area contributed by atoms with Crippen LogP contribution in [0.5, 0.6) is 0 Å². The molecule has 0 saturated carbocycles. The van der Waals surface area contributed by atoms with Crippen molar-refractivity contribution in [2.24, 2.45) is 0 Å². The molecule has 0 saturated heterocycles. The first-order chi connectivity index (χ1) is 11.2. The number of carbonyl (C=O) groups is 1. The number of hydrogen-bond acceptors (Lipinski definition) is 2. The van der Waals surface area contributed by atoms with Crippen LogP contribution in [0.3, 0.4) is 0 Å². The minimum atomic E-state index is 0.0399. The number of amides is 1. The summed E-state index contributed by atoms with van der Waals surface area (Å²) in [7, 11) is 1.84. The Hall–Kier alpha value is -2.88. The first-order valence-electron chi connectivity index (χ1n) is 7.62. The highest BCUT2D eigenvalue weighted by molar-refractivity contribution is 5.94. The third-order valence-corrected chi connectivity index (χ3v) is 3.85. The zero-order chi connectivity index (χ0) is 16.1. The molecule has 2 heterocycles. The van der Waals surface area contributed by atoms with E-state index in [0.717, 1.165) is 12.1 Å². The van der Waals surface area contributed by atoms with Gasteiger partial charge in [-0.25, -0.2) is 0 Å². The highest BCUT2D eigenvalue weighted by Crippen LogP contribution is 2.12. The van der Waals surface area contributed by atoms with Crippen LogP contribution < -0.4 is 0 Å². The van der Waals surface area contributed by atoms with Crippen molar-refractivity contribution < 1.29 is 4.79 Å². The summed E-state index contributed by atoms with van der Waals surface area (Å²) < 4.78 is 2.02. The maximum Gasteiger partial charge on any atom is 0.253 e. The highest BCUT2D eigenvalue weighted by Gasteiger charge is 2.11. The molecule has 1 amide bonds.